The number of carbonyl (C=O) groups is 2. The molecule has 0 atom stereocenters. The number of carbonyl (C=O) groups excluding carboxylic acids is 2. The van der Waals surface area contributed by atoms with E-state index < -0.39 is 28.4 Å². The number of esters is 1. The number of halogens is 2. The van der Waals surface area contributed by atoms with Gasteiger partial charge < -0.3 is 10.5 Å². The van der Waals surface area contributed by atoms with E-state index in [1.54, 1.807) is 54.6 Å². The number of hydrogen-bond acceptors (Lipinski definition) is 7. The zero-order valence-electron chi connectivity index (χ0n) is 19.5. The minimum absolute atomic E-state index is 0.0101. The van der Waals surface area contributed by atoms with Crippen molar-refractivity contribution in [1.82, 2.24) is 0 Å². The molecule has 2 N–H and O–H groups in total. The second-order valence-corrected chi connectivity index (χ2v) is 10.5. The first-order valence-corrected chi connectivity index (χ1v) is 12.9. The van der Waals surface area contributed by atoms with Crippen molar-refractivity contribution in [3.63, 3.8) is 0 Å². The van der Waals surface area contributed by atoms with Gasteiger partial charge in [0.25, 0.3) is 10.0 Å². The van der Waals surface area contributed by atoms with Crippen molar-refractivity contribution < 1.29 is 22.7 Å². The second kappa shape index (κ2) is 11.9. The van der Waals surface area contributed by atoms with E-state index in [4.69, 9.17) is 38.9 Å². The number of Topliss-reactive ketones (excluding diaryl/α,β-unsaturated/α-hetero) is 1. The lowest BCUT2D eigenvalue weighted by Crippen LogP contribution is -2.31. The lowest BCUT2D eigenvalue weighted by molar-refractivity contribution is -0.118. The van der Waals surface area contributed by atoms with E-state index in [9.17, 15) is 18.0 Å². The van der Waals surface area contributed by atoms with Crippen LogP contribution in [-0.2, 0) is 26.1 Å². The molecule has 0 amide bonds. The lowest BCUT2D eigenvalue weighted by Gasteiger charge is -2.25. The summed E-state index contributed by atoms with van der Waals surface area (Å²) in [4.78, 5) is 24.4. The molecule has 0 spiro atoms. The Morgan fingerprint density at radius 1 is 1.03 bits per heavy atom. The molecule has 0 aliphatic carbocycles. The van der Waals surface area contributed by atoms with Crippen LogP contribution in [0.5, 0.6) is 0 Å². The molecule has 3 aromatic carbocycles. The van der Waals surface area contributed by atoms with Crippen molar-refractivity contribution in [3.8, 4) is 6.07 Å². The van der Waals surface area contributed by atoms with Gasteiger partial charge in [-0.25, -0.2) is 13.2 Å². The molecular formula is C26H21Cl2N3O5S. The molecule has 0 saturated carbocycles. The largest absolute Gasteiger partial charge is 0.454 e. The van der Waals surface area contributed by atoms with Crippen LogP contribution >= 0.6 is 23.2 Å². The number of ether oxygens (including phenoxy) is 1. The summed E-state index contributed by atoms with van der Waals surface area (Å²) < 4.78 is 33.8. The maximum Gasteiger partial charge on any atom is 0.338 e. The zero-order chi connectivity index (χ0) is 27.2. The van der Waals surface area contributed by atoms with Gasteiger partial charge in [-0.15, -0.1) is 0 Å². The average molecular weight is 558 g/mol. The van der Waals surface area contributed by atoms with Crippen LogP contribution in [0.15, 0.2) is 89.0 Å². The molecule has 0 heterocycles. The number of ketones is 1. The SMILES string of the molecule is CC(N)=C(C#N)C(=O)COC(=O)c1ccc(Cl)c(S(=O)(=O)N(Cc2ccccc2)c2ccc(Cl)cc2)c1. The summed E-state index contributed by atoms with van der Waals surface area (Å²) >= 11 is 12.3. The zero-order valence-corrected chi connectivity index (χ0v) is 21.8. The number of anilines is 1. The van der Waals surface area contributed by atoms with Crippen LogP contribution in [0.3, 0.4) is 0 Å². The second-order valence-electron chi connectivity index (χ2n) is 7.79. The Balaban J connectivity index is 1.97. The Labute approximate surface area is 224 Å². The first kappa shape index (κ1) is 27.7. The molecule has 37 heavy (non-hydrogen) atoms. The Bertz CT molecular complexity index is 1500. The highest BCUT2D eigenvalue weighted by atomic mass is 35.5. The maximum absolute atomic E-state index is 13.8. The number of benzene rings is 3. The summed E-state index contributed by atoms with van der Waals surface area (Å²) in [6.07, 6.45) is 0. The van der Waals surface area contributed by atoms with Crippen LogP contribution in [0.25, 0.3) is 0 Å². The predicted octanol–water partition coefficient (Wildman–Crippen LogP) is 4.87. The minimum atomic E-state index is -4.30. The lowest BCUT2D eigenvalue weighted by atomic mass is 10.1. The molecule has 0 saturated heterocycles. The highest BCUT2D eigenvalue weighted by Gasteiger charge is 2.29. The molecule has 3 rings (SSSR count). The highest BCUT2D eigenvalue weighted by Crippen LogP contribution is 2.31. The molecule has 11 heteroatoms. The van der Waals surface area contributed by atoms with Gasteiger partial charge in [-0.3, -0.25) is 9.10 Å². The van der Waals surface area contributed by atoms with E-state index in [1.807, 2.05) is 6.07 Å². The van der Waals surface area contributed by atoms with Crippen molar-refractivity contribution in [2.24, 2.45) is 5.73 Å². The van der Waals surface area contributed by atoms with Crippen LogP contribution in [0.1, 0.15) is 22.8 Å². The van der Waals surface area contributed by atoms with Crippen LogP contribution in [-0.4, -0.2) is 26.8 Å². The molecule has 0 bridgehead atoms. The monoisotopic (exact) mass is 557 g/mol. The summed E-state index contributed by atoms with van der Waals surface area (Å²) in [5, 5.41) is 9.34. The first-order chi connectivity index (χ1) is 17.5. The highest BCUT2D eigenvalue weighted by molar-refractivity contribution is 7.93. The van der Waals surface area contributed by atoms with Crippen LogP contribution in [0, 0.1) is 11.3 Å². The van der Waals surface area contributed by atoms with E-state index in [2.05, 4.69) is 0 Å². The van der Waals surface area contributed by atoms with Gasteiger partial charge in [0.1, 0.15) is 16.5 Å². The smallest absolute Gasteiger partial charge is 0.338 e. The van der Waals surface area contributed by atoms with Gasteiger partial charge in [-0.05, 0) is 55.0 Å². The topological polar surface area (TPSA) is 131 Å². The van der Waals surface area contributed by atoms with Crippen molar-refractivity contribution in [3.05, 3.63) is 105 Å². The van der Waals surface area contributed by atoms with Gasteiger partial charge in [0.15, 0.2) is 6.61 Å². The number of allylic oxidation sites excluding steroid dienone is 1. The average Bonchev–Trinajstić information content (AvgIpc) is 2.87. The molecule has 0 aliphatic rings. The van der Waals surface area contributed by atoms with Crippen LogP contribution in [0.4, 0.5) is 5.69 Å². The van der Waals surface area contributed by atoms with Crippen molar-refractivity contribution >= 4 is 50.7 Å². The Morgan fingerprint density at radius 2 is 1.68 bits per heavy atom. The normalized spacial score (nSPS) is 11.7. The minimum Gasteiger partial charge on any atom is -0.454 e. The molecule has 190 valence electrons. The summed E-state index contributed by atoms with van der Waals surface area (Å²) in [6.45, 7) is 0.606. The number of hydrogen-bond donors (Lipinski definition) is 1. The number of nitriles is 1. The third-order valence-corrected chi connectivity index (χ3v) is 7.65. The molecular weight excluding hydrogens is 537 g/mol. The van der Waals surface area contributed by atoms with Gasteiger partial charge in [0, 0.05) is 10.7 Å². The van der Waals surface area contributed by atoms with E-state index in [-0.39, 0.29) is 33.3 Å². The summed E-state index contributed by atoms with van der Waals surface area (Å²) in [5.74, 6) is -1.76. The standard InChI is InChI=1S/C26H21Cl2N3O5S/c1-17(30)22(14-29)24(32)16-36-26(33)19-7-12-23(28)25(13-19)37(34,35)31(15-18-5-3-2-4-6-18)21-10-8-20(27)9-11-21/h2-13H,15-16,30H2,1H3. The van der Waals surface area contributed by atoms with Gasteiger partial charge in [0.2, 0.25) is 5.78 Å². The Morgan fingerprint density at radius 3 is 2.27 bits per heavy atom. The summed E-state index contributed by atoms with van der Waals surface area (Å²) in [6, 6.07) is 20.4. The van der Waals surface area contributed by atoms with E-state index >= 15 is 0 Å². The van der Waals surface area contributed by atoms with E-state index in [0.29, 0.717) is 16.3 Å². The first-order valence-electron chi connectivity index (χ1n) is 10.7. The van der Waals surface area contributed by atoms with E-state index in [0.717, 1.165) is 10.4 Å². The quantitative estimate of drug-likeness (QED) is 0.225. The molecule has 0 aliphatic heterocycles. The van der Waals surface area contributed by atoms with Gasteiger partial charge >= 0.3 is 5.97 Å². The molecule has 3 aromatic rings. The Hall–Kier alpha value is -3.84. The third-order valence-electron chi connectivity index (χ3n) is 5.14. The number of sulfonamides is 1. The Kier molecular flexibility index (Phi) is 8.95. The molecule has 8 nitrogen and oxygen atoms in total. The number of nitrogens with two attached hydrogens (primary N) is 1. The fourth-order valence-corrected chi connectivity index (χ4v) is 5.36. The van der Waals surface area contributed by atoms with Crippen molar-refractivity contribution in [2.75, 3.05) is 10.9 Å². The van der Waals surface area contributed by atoms with Crippen LogP contribution in [0.2, 0.25) is 10.0 Å². The molecule has 0 unspecified atom stereocenters. The summed E-state index contributed by atoms with van der Waals surface area (Å²) in [5.41, 5.74) is 6.04. The molecule has 0 fully saturated rings. The number of rotatable bonds is 9. The van der Waals surface area contributed by atoms with Gasteiger partial charge in [-0.2, -0.15) is 5.26 Å². The third kappa shape index (κ3) is 6.68. The predicted molar refractivity (Wildman–Crippen MR) is 141 cm³/mol. The molecule has 0 radical (unpaired) electrons. The van der Waals surface area contributed by atoms with Crippen LogP contribution < -0.4 is 10.0 Å². The number of nitrogens with zero attached hydrogens (tertiary/aromatic N) is 2. The van der Waals surface area contributed by atoms with Gasteiger partial charge in [0.05, 0.1) is 22.8 Å². The van der Waals surface area contributed by atoms with Crippen molar-refractivity contribution in [1.29, 1.82) is 5.26 Å². The van der Waals surface area contributed by atoms with Crippen molar-refractivity contribution in [2.45, 2.75) is 18.4 Å². The van der Waals surface area contributed by atoms with E-state index in [1.165, 1.54) is 19.1 Å². The van der Waals surface area contributed by atoms with Gasteiger partial charge in [-0.1, -0.05) is 53.5 Å². The molecule has 0 aromatic heterocycles. The fourth-order valence-electron chi connectivity index (χ4n) is 3.28. The maximum atomic E-state index is 13.8. The fraction of sp³-hybridized carbons (Fsp3) is 0.115. The summed E-state index contributed by atoms with van der Waals surface area (Å²) in [7, 11) is -4.30.